The first-order valence-electron chi connectivity index (χ1n) is 6.91. The summed E-state index contributed by atoms with van der Waals surface area (Å²) in [5, 5.41) is 0. The lowest BCUT2D eigenvalue weighted by atomic mass is 10.1. The van der Waals surface area contributed by atoms with Gasteiger partial charge in [0.15, 0.2) is 5.76 Å². The maximum Gasteiger partial charge on any atom is 0.263 e. The third kappa shape index (κ3) is 4.07. The first kappa shape index (κ1) is 15.0. The van der Waals surface area contributed by atoms with Gasteiger partial charge in [-0.2, -0.15) is 0 Å². The standard InChI is InChI=1S/C15H21NO3S/c1-11(2)6-5-9-20(17)10-13-12(3)19-15(16-13)14-7-4-8-18-14/h4,7-8,11H,5-6,9-10H2,1-3H3. The monoisotopic (exact) mass is 295 g/mol. The van der Waals surface area contributed by atoms with Gasteiger partial charge in [-0.3, -0.25) is 4.21 Å². The fraction of sp³-hybridized carbons (Fsp3) is 0.533. The maximum absolute atomic E-state index is 12.0. The summed E-state index contributed by atoms with van der Waals surface area (Å²) < 4.78 is 22.9. The molecule has 2 aromatic rings. The zero-order valence-electron chi connectivity index (χ0n) is 12.2. The number of hydrogen-bond donors (Lipinski definition) is 0. The Morgan fingerprint density at radius 3 is 2.85 bits per heavy atom. The second-order valence-corrected chi connectivity index (χ2v) is 6.90. The lowest BCUT2D eigenvalue weighted by molar-refractivity contribution is 0.500. The van der Waals surface area contributed by atoms with Crippen molar-refractivity contribution in [1.82, 2.24) is 4.98 Å². The normalized spacial score (nSPS) is 13.0. The number of aryl methyl sites for hydroxylation is 1. The molecule has 0 aromatic carbocycles. The van der Waals surface area contributed by atoms with Gasteiger partial charge in [0.25, 0.3) is 5.89 Å². The SMILES string of the molecule is Cc1oc(-c2ccco2)nc1CS(=O)CCCC(C)C. The van der Waals surface area contributed by atoms with Crippen LogP contribution in [0.5, 0.6) is 0 Å². The molecule has 0 radical (unpaired) electrons. The second kappa shape index (κ2) is 6.88. The van der Waals surface area contributed by atoms with Crippen molar-refractivity contribution in [2.24, 2.45) is 5.92 Å². The van der Waals surface area contributed by atoms with Crippen LogP contribution in [0.25, 0.3) is 11.7 Å². The third-order valence-electron chi connectivity index (χ3n) is 3.08. The van der Waals surface area contributed by atoms with E-state index < -0.39 is 10.8 Å². The Bertz CT molecular complexity index is 558. The Balaban J connectivity index is 1.94. The van der Waals surface area contributed by atoms with Gasteiger partial charge in [-0.05, 0) is 31.4 Å². The van der Waals surface area contributed by atoms with Crippen LogP contribution in [-0.4, -0.2) is 14.9 Å². The fourth-order valence-electron chi connectivity index (χ4n) is 1.94. The van der Waals surface area contributed by atoms with Gasteiger partial charge >= 0.3 is 0 Å². The molecule has 0 saturated heterocycles. The van der Waals surface area contributed by atoms with E-state index in [0.717, 1.165) is 24.3 Å². The zero-order valence-corrected chi connectivity index (χ0v) is 13.0. The summed E-state index contributed by atoms with van der Waals surface area (Å²) in [6, 6.07) is 3.59. The Labute approximate surface area is 122 Å². The van der Waals surface area contributed by atoms with Crippen molar-refractivity contribution >= 4 is 10.8 Å². The molecule has 0 bridgehead atoms. The number of rotatable bonds is 7. The van der Waals surface area contributed by atoms with E-state index in [1.165, 1.54) is 0 Å². The lowest BCUT2D eigenvalue weighted by Crippen LogP contribution is -2.03. The summed E-state index contributed by atoms with van der Waals surface area (Å²) in [6.45, 7) is 6.21. The molecule has 0 aliphatic carbocycles. The van der Waals surface area contributed by atoms with Crippen molar-refractivity contribution in [2.45, 2.75) is 39.4 Å². The molecule has 1 unspecified atom stereocenters. The predicted molar refractivity (Wildman–Crippen MR) is 79.7 cm³/mol. The summed E-state index contributed by atoms with van der Waals surface area (Å²) in [5.41, 5.74) is 0.763. The van der Waals surface area contributed by atoms with Crippen LogP contribution >= 0.6 is 0 Å². The molecule has 110 valence electrons. The van der Waals surface area contributed by atoms with Crippen LogP contribution in [0.15, 0.2) is 27.2 Å². The van der Waals surface area contributed by atoms with Gasteiger partial charge in [0.2, 0.25) is 0 Å². The zero-order chi connectivity index (χ0) is 14.5. The van der Waals surface area contributed by atoms with E-state index in [0.29, 0.717) is 29.1 Å². The van der Waals surface area contributed by atoms with Crippen LogP contribution in [0, 0.1) is 12.8 Å². The highest BCUT2D eigenvalue weighted by molar-refractivity contribution is 7.84. The van der Waals surface area contributed by atoms with E-state index in [2.05, 4.69) is 18.8 Å². The highest BCUT2D eigenvalue weighted by Crippen LogP contribution is 2.22. The van der Waals surface area contributed by atoms with E-state index in [4.69, 9.17) is 8.83 Å². The summed E-state index contributed by atoms with van der Waals surface area (Å²) in [5.74, 6) is 3.61. The van der Waals surface area contributed by atoms with Gasteiger partial charge in [0.1, 0.15) is 5.76 Å². The largest absolute Gasteiger partial charge is 0.459 e. The molecule has 2 heterocycles. The minimum absolute atomic E-state index is 0.453. The predicted octanol–water partition coefficient (Wildman–Crippen LogP) is 3.93. The van der Waals surface area contributed by atoms with Crippen molar-refractivity contribution < 1.29 is 13.0 Å². The molecule has 1 atom stereocenters. The van der Waals surface area contributed by atoms with Crippen molar-refractivity contribution in [3.05, 3.63) is 29.9 Å². The Morgan fingerprint density at radius 1 is 1.40 bits per heavy atom. The molecule has 0 amide bonds. The van der Waals surface area contributed by atoms with Gasteiger partial charge < -0.3 is 8.83 Å². The molecule has 20 heavy (non-hydrogen) atoms. The Hall–Kier alpha value is -1.36. The van der Waals surface area contributed by atoms with Crippen LogP contribution < -0.4 is 0 Å². The second-order valence-electron chi connectivity index (χ2n) is 5.32. The fourth-order valence-corrected chi connectivity index (χ4v) is 3.15. The molecule has 0 N–H and O–H groups in total. The van der Waals surface area contributed by atoms with Crippen LogP contribution in [0.3, 0.4) is 0 Å². The van der Waals surface area contributed by atoms with Crippen molar-refractivity contribution in [3.8, 4) is 11.7 Å². The lowest BCUT2D eigenvalue weighted by Gasteiger charge is -2.03. The molecular weight excluding hydrogens is 274 g/mol. The van der Waals surface area contributed by atoms with Crippen molar-refractivity contribution in [1.29, 1.82) is 0 Å². The van der Waals surface area contributed by atoms with E-state index in [9.17, 15) is 4.21 Å². The molecule has 2 rings (SSSR count). The number of furan rings is 1. The summed E-state index contributed by atoms with van der Waals surface area (Å²) in [6.07, 6.45) is 3.69. The van der Waals surface area contributed by atoms with Crippen molar-refractivity contribution in [2.75, 3.05) is 5.75 Å². The third-order valence-corrected chi connectivity index (χ3v) is 4.42. The highest BCUT2D eigenvalue weighted by atomic mass is 32.2. The molecular formula is C15H21NO3S. The Kier molecular flexibility index (Phi) is 5.17. The van der Waals surface area contributed by atoms with E-state index >= 15 is 0 Å². The van der Waals surface area contributed by atoms with Gasteiger partial charge in [-0.25, -0.2) is 4.98 Å². The molecule has 5 heteroatoms. The average Bonchev–Trinajstić information content (AvgIpc) is 2.99. The van der Waals surface area contributed by atoms with E-state index in [1.807, 2.05) is 6.92 Å². The topological polar surface area (TPSA) is 56.2 Å². The van der Waals surface area contributed by atoms with E-state index in [-0.39, 0.29) is 0 Å². The van der Waals surface area contributed by atoms with Crippen LogP contribution in [0.4, 0.5) is 0 Å². The molecule has 0 fully saturated rings. The van der Waals surface area contributed by atoms with E-state index in [1.54, 1.807) is 18.4 Å². The summed E-state index contributed by atoms with van der Waals surface area (Å²) >= 11 is 0. The maximum atomic E-state index is 12.0. The van der Waals surface area contributed by atoms with Gasteiger partial charge in [0.05, 0.1) is 17.7 Å². The molecule has 4 nitrogen and oxygen atoms in total. The minimum atomic E-state index is -0.884. The number of hydrogen-bond acceptors (Lipinski definition) is 4. The summed E-state index contributed by atoms with van der Waals surface area (Å²) in [4.78, 5) is 4.38. The highest BCUT2D eigenvalue weighted by Gasteiger charge is 2.15. The first-order valence-corrected chi connectivity index (χ1v) is 8.40. The molecule has 0 saturated carbocycles. The van der Waals surface area contributed by atoms with Gasteiger partial charge in [0, 0.05) is 16.6 Å². The first-order chi connectivity index (χ1) is 9.56. The van der Waals surface area contributed by atoms with Crippen LogP contribution in [0.1, 0.15) is 38.1 Å². The number of oxazole rings is 1. The van der Waals surface area contributed by atoms with Gasteiger partial charge in [-0.15, -0.1) is 0 Å². The molecule has 0 aliphatic heterocycles. The number of aromatic nitrogens is 1. The number of nitrogens with zero attached hydrogens (tertiary/aromatic N) is 1. The molecule has 0 aliphatic rings. The Morgan fingerprint density at radius 2 is 2.20 bits per heavy atom. The van der Waals surface area contributed by atoms with Crippen LogP contribution in [-0.2, 0) is 16.6 Å². The average molecular weight is 295 g/mol. The van der Waals surface area contributed by atoms with Crippen molar-refractivity contribution in [3.63, 3.8) is 0 Å². The van der Waals surface area contributed by atoms with Gasteiger partial charge in [-0.1, -0.05) is 20.3 Å². The molecule has 2 aromatic heterocycles. The quantitative estimate of drug-likeness (QED) is 0.776. The minimum Gasteiger partial charge on any atom is -0.459 e. The molecule has 0 spiro atoms. The van der Waals surface area contributed by atoms with Crippen LogP contribution in [0.2, 0.25) is 0 Å². The summed E-state index contributed by atoms with van der Waals surface area (Å²) in [7, 11) is -0.884. The smallest absolute Gasteiger partial charge is 0.263 e.